The molecule has 0 aliphatic heterocycles. The van der Waals surface area contributed by atoms with Crippen LogP contribution in [0.3, 0.4) is 0 Å². The fourth-order valence-corrected chi connectivity index (χ4v) is 2.31. The van der Waals surface area contributed by atoms with Gasteiger partial charge in [0.05, 0.1) is 0 Å². The first-order chi connectivity index (χ1) is 9.01. The molecule has 0 radical (unpaired) electrons. The van der Waals surface area contributed by atoms with Gasteiger partial charge in [-0.2, -0.15) is 0 Å². The number of amidine groups is 1. The minimum atomic E-state index is -0.569. The maximum absolute atomic E-state index is 12.0. The predicted molar refractivity (Wildman–Crippen MR) is 75.0 cm³/mol. The number of carbonyl (C=O) groups excluding carboxylic acids is 1. The molecule has 1 unspecified atom stereocenters. The Morgan fingerprint density at radius 1 is 1.53 bits per heavy atom. The molecule has 1 fully saturated rings. The molecule has 1 rings (SSSR count). The summed E-state index contributed by atoms with van der Waals surface area (Å²) in [5, 5.41) is 14.5. The van der Waals surface area contributed by atoms with Crippen molar-refractivity contribution in [2.75, 3.05) is 19.6 Å². The molecule has 1 saturated carbocycles. The molecule has 0 spiro atoms. The van der Waals surface area contributed by atoms with E-state index >= 15 is 0 Å². The topological polar surface area (TPSA) is 91.0 Å². The summed E-state index contributed by atoms with van der Waals surface area (Å²) in [4.78, 5) is 14.4. The van der Waals surface area contributed by atoms with Crippen LogP contribution in [-0.4, -0.2) is 47.5 Å². The summed E-state index contributed by atoms with van der Waals surface area (Å²) < 4.78 is 0. The van der Waals surface area contributed by atoms with Crippen molar-refractivity contribution >= 4 is 11.7 Å². The van der Waals surface area contributed by atoms with Crippen LogP contribution in [0.1, 0.15) is 33.6 Å². The molecule has 110 valence electrons. The summed E-state index contributed by atoms with van der Waals surface area (Å²) in [5.74, 6) is -0.762. The van der Waals surface area contributed by atoms with Gasteiger partial charge in [-0.05, 0) is 25.3 Å². The summed E-state index contributed by atoms with van der Waals surface area (Å²) in [7, 11) is 0. The highest BCUT2D eigenvalue weighted by Gasteiger charge is 2.29. The first kappa shape index (κ1) is 15.8. The van der Waals surface area contributed by atoms with E-state index in [2.05, 4.69) is 22.3 Å². The van der Waals surface area contributed by atoms with Gasteiger partial charge in [0, 0.05) is 19.1 Å². The molecule has 4 N–H and O–H groups in total. The van der Waals surface area contributed by atoms with Crippen LogP contribution >= 0.6 is 0 Å². The van der Waals surface area contributed by atoms with E-state index in [-0.39, 0.29) is 17.7 Å². The Hall–Kier alpha value is -1.30. The van der Waals surface area contributed by atoms with Crippen LogP contribution in [0.4, 0.5) is 0 Å². The van der Waals surface area contributed by atoms with Gasteiger partial charge >= 0.3 is 0 Å². The molecule has 1 aliphatic carbocycles. The second-order valence-corrected chi connectivity index (χ2v) is 5.40. The van der Waals surface area contributed by atoms with Crippen LogP contribution < -0.4 is 11.1 Å². The van der Waals surface area contributed by atoms with Crippen molar-refractivity contribution in [2.24, 2.45) is 22.7 Å². The third-order valence-electron chi connectivity index (χ3n) is 3.55. The van der Waals surface area contributed by atoms with Crippen molar-refractivity contribution < 1.29 is 10.0 Å². The van der Waals surface area contributed by atoms with Gasteiger partial charge in [-0.3, -0.25) is 9.69 Å². The number of carbonyl (C=O) groups is 1. The number of amides is 1. The molecule has 1 atom stereocenters. The van der Waals surface area contributed by atoms with Crippen molar-refractivity contribution in [1.82, 2.24) is 10.2 Å². The van der Waals surface area contributed by atoms with Gasteiger partial charge in [-0.15, -0.1) is 0 Å². The minimum Gasteiger partial charge on any atom is -0.409 e. The first-order valence-corrected chi connectivity index (χ1v) is 7.00. The smallest absolute Gasteiger partial charge is 0.231 e. The lowest BCUT2D eigenvalue weighted by Gasteiger charge is -2.22. The number of rotatable bonds is 8. The van der Waals surface area contributed by atoms with Gasteiger partial charge in [0.2, 0.25) is 5.91 Å². The Morgan fingerprint density at radius 2 is 2.16 bits per heavy atom. The Labute approximate surface area is 115 Å². The Bertz CT molecular complexity index is 327. The second-order valence-electron chi connectivity index (χ2n) is 5.40. The van der Waals surface area contributed by atoms with Crippen LogP contribution in [0, 0.1) is 11.8 Å². The second kappa shape index (κ2) is 7.33. The number of hydrogen-bond donors (Lipinski definition) is 3. The van der Waals surface area contributed by atoms with Crippen LogP contribution in [0.25, 0.3) is 0 Å². The van der Waals surface area contributed by atoms with Crippen LogP contribution in [0.15, 0.2) is 5.16 Å². The van der Waals surface area contributed by atoms with Gasteiger partial charge in [0.1, 0.15) is 5.92 Å². The molecule has 0 aromatic heterocycles. The zero-order chi connectivity index (χ0) is 14.4. The lowest BCUT2D eigenvalue weighted by molar-refractivity contribution is -0.124. The van der Waals surface area contributed by atoms with E-state index in [1.165, 1.54) is 12.8 Å². The Kier molecular flexibility index (Phi) is 6.08. The minimum absolute atomic E-state index is 0.00149. The van der Waals surface area contributed by atoms with Crippen molar-refractivity contribution in [1.29, 1.82) is 0 Å². The van der Waals surface area contributed by atoms with E-state index in [1.807, 2.05) is 13.8 Å². The standard InChI is InChI=1S/C13H26N4O2/c1-4-17(10-5-6-10)8-7-15-13(18)11(9(2)3)12(14)16-19/h9-11,19H,4-8H2,1-3H3,(H2,14,16)(H,15,18). The normalized spacial score (nSPS) is 17.8. The van der Waals surface area contributed by atoms with Gasteiger partial charge < -0.3 is 16.3 Å². The third kappa shape index (κ3) is 4.70. The van der Waals surface area contributed by atoms with E-state index in [4.69, 9.17) is 10.9 Å². The maximum atomic E-state index is 12.0. The van der Waals surface area contributed by atoms with Crippen molar-refractivity contribution in [3.8, 4) is 0 Å². The fourth-order valence-electron chi connectivity index (χ4n) is 2.31. The molecular weight excluding hydrogens is 244 g/mol. The van der Waals surface area contributed by atoms with Gasteiger partial charge in [-0.25, -0.2) is 0 Å². The monoisotopic (exact) mass is 270 g/mol. The van der Waals surface area contributed by atoms with Crippen LogP contribution in [-0.2, 0) is 4.79 Å². The molecule has 19 heavy (non-hydrogen) atoms. The SMILES string of the molecule is CCN(CCNC(=O)C(C(N)=NO)C(C)C)C1CC1. The van der Waals surface area contributed by atoms with E-state index in [9.17, 15) is 4.79 Å². The summed E-state index contributed by atoms with van der Waals surface area (Å²) in [6.07, 6.45) is 2.53. The quantitative estimate of drug-likeness (QED) is 0.261. The number of nitrogens with zero attached hydrogens (tertiary/aromatic N) is 2. The number of likely N-dealkylation sites (N-methyl/N-ethyl adjacent to an activating group) is 1. The summed E-state index contributed by atoms with van der Waals surface area (Å²) in [5.41, 5.74) is 5.56. The molecule has 6 heteroatoms. The van der Waals surface area contributed by atoms with Gasteiger partial charge in [0.15, 0.2) is 5.84 Å². The van der Waals surface area contributed by atoms with Crippen LogP contribution in [0.5, 0.6) is 0 Å². The molecule has 0 saturated heterocycles. The molecule has 0 aromatic carbocycles. The predicted octanol–water partition coefficient (Wildman–Crippen LogP) is 0.606. The molecular formula is C13H26N4O2. The summed E-state index contributed by atoms with van der Waals surface area (Å²) >= 11 is 0. The average Bonchev–Trinajstić information content (AvgIpc) is 3.18. The Balaban J connectivity index is 2.39. The summed E-state index contributed by atoms with van der Waals surface area (Å²) in [6, 6.07) is 0.701. The molecule has 1 amide bonds. The fraction of sp³-hybridized carbons (Fsp3) is 0.846. The van der Waals surface area contributed by atoms with Crippen LogP contribution in [0.2, 0.25) is 0 Å². The zero-order valence-electron chi connectivity index (χ0n) is 12.1. The lowest BCUT2D eigenvalue weighted by Crippen LogP contribution is -2.44. The molecule has 6 nitrogen and oxygen atoms in total. The molecule has 0 aromatic rings. The van der Waals surface area contributed by atoms with Gasteiger partial charge in [-0.1, -0.05) is 25.9 Å². The number of nitrogens with two attached hydrogens (primary N) is 1. The van der Waals surface area contributed by atoms with E-state index < -0.39 is 5.92 Å². The summed E-state index contributed by atoms with van der Waals surface area (Å²) in [6.45, 7) is 8.36. The van der Waals surface area contributed by atoms with Crippen molar-refractivity contribution in [3.05, 3.63) is 0 Å². The third-order valence-corrected chi connectivity index (χ3v) is 3.55. The van der Waals surface area contributed by atoms with E-state index in [1.54, 1.807) is 0 Å². The maximum Gasteiger partial charge on any atom is 0.231 e. The molecule has 0 heterocycles. The number of nitrogens with one attached hydrogen (secondary N) is 1. The Morgan fingerprint density at radius 3 is 2.58 bits per heavy atom. The average molecular weight is 270 g/mol. The molecule has 0 bridgehead atoms. The first-order valence-electron chi connectivity index (χ1n) is 7.00. The van der Waals surface area contributed by atoms with E-state index in [0.29, 0.717) is 12.6 Å². The zero-order valence-corrected chi connectivity index (χ0v) is 12.1. The van der Waals surface area contributed by atoms with Crippen molar-refractivity contribution in [3.63, 3.8) is 0 Å². The highest BCUT2D eigenvalue weighted by molar-refractivity contribution is 6.02. The van der Waals surface area contributed by atoms with Gasteiger partial charge in [0.25, 0.3) is 0 Å². The number of oxime groups is 1. The van der Waals surface area contributed by atoms with Crippen molar-refractivity contribution in [2.45, 2.75) is 39.7 Å². The largest absolute Gasteiger partial charge is 0.409 e. The van der Waals surface area contributed by atoms with E-state index in [0.717, 1.165) is 13.1 Å². The molecule has 1 aliphatic rings. The number of hydrogen-bond acceptors (Lipinski definition) is 4. The highest BCUT2D eigenvalue weighted by atomic mass is 16.4. The lowest BCUT2D eigenvalue weighted by atomic mass is 9.94. The highest BCUT2D eigenvalue weighted by Crippen LogP contribution is 2.25.